The van der Waals surface area contributed by atoms with Gasteiger partial charge in [0.1, 0.15) is 35.7 Å². The van der Waals surface area contributed by atoms with Gasteiger partial charge in [-0.15, -0.1) is 6.42 Å². The number of morpholine rings is 1. The molecule has 0 spiro atoms. The normalized spacial score (nSPS) is 29.3. The van der Waals surface area contributed by atoms with Crippen molar-refractivity contribution in [2.45, 2.75) is 87.8 Å². The van der Waals surface area contributed by atoms with Gasteiger partial charge in [-0.3, -0.25) is 9.78 Å². The summed E-state index contributed by atoms with van der Waals surface area (Å²) in [6.07, 6.45) is 9.86. The number of hydrogen-bond acceptors (Lipinski definition) is 12. The van der Waals surface area contributed by atoms with Crippen molar-refractivity contribution >= 4 is 34.1 Å². The van der Waals surface area contributed by atoms with Crippen LogP contribution < -0.4 is 19.4 Å². The molecular formula is C46H48F3N9O4. The number of fused-ring (bicyclic) bond motifs is 4. The van der Waals surface area contributed by atoms with E-state index < -0.39 is 46.8 Å². The van der Waals surface area contributed by atoms with Crippen LogP contribution in [0.2, 0.25) is 0 Å². The first-order chi connectivity index (χ1) is 29.7. The lowest BCUT2D eigenvalue weighted by Gasteiger charge is -2.41. The summed E-state index contributed by atoms with van der Waals surface area (Å²) in [6, 6.07) is 8.15. The molecule has 0 saturated carbocycles. The van der Waals surface area contributed by atoms with Gasteiger partial charge < -0.3 is 34.2 Å². The minimum absolute atomic E-state index is 0.00608. The van der Waals surface area contributed by atoms with Crippen molar-refractivity contribution in [1.82, 2.24) is 24.8 Å². The number of ether oxygens (including phenoxy) is 2. The van der Waals surface area contributed by atoms with E-state index in [1.807, 2.05) is 28.9 Å². The van der Waals surface area contributed by atoms with Gasteiger partial charge >= 0.3 is 6.01 Å². The number of benzene rings is 1. The van der Waals surface area contributed by atoms with E-state index in [9.17, 15) is 15.2 Å². The Labute approximate surface area is 358 Å². The van der Waals surface area contributed by atoms with Crippen LogP contribution in [0.4, 0.5) is 30.5 Å². The van der Waals surface area contributed by atoms with Crippen molar-refractivity contribution in [1.29, 1.82) is 5.26 Å². The maximum atomic E-state index is 17.5. The van der Waals surface area contributed by atoms with Gasteiger partial charge in [-0.05, 0) is 69.0 Å². The molecule has 8 atom stereocenters. The molecule has 16 heteroatoms. The van der Waals surface area contributed by atoms with Crippen molar-refractivity contribution in [2.24, 2.45) is 5.92 Å². The molecule has 2 bridgehead atoms. The average Bonchev–Trinajstić information content (AvgIpc) is 3.69. The van der Waals surface area contributed by atoms with Crippen molar-refractivity contribution in [3.63, 3.8) is 0 Å². The van der Waals surface area contributed by atoms with Crippen LogP contribution in [0.5, 0.6) is 6.01 Å². The lowest BCUT2D eigenvalue weighted by Crippen LogP contribution is -2.56. The van der Waals surface area contributed by atoms with E-state index in [1.165, 1.54) is 18.3 Å². The first-order valence-electron chi connectivity index (χ1n) is 21.0. The molecule has 7 heterocycles. The van der Waals surface area contributed by atoms with Crippen molar-refractivity contribution in [3.05, 3.63) is 83.3 Å². The van der Waals surface area contributed by atoms with Gasteiger partial charge in [-0.25, -0.2) is 18.2 Å². The molecule has 62 heavy (non-hydrogen) atoms. The van der Waals surface area contributed by atoms with E-state index >= 15 is 13.2 Å². The number of carbonyl (C=O) groups excluding carboxylic acids is 1. The zero-order valence-electron chi connectivity index (χ0n) is 34.9. The Bertz CT molecular complexity index is 2530. The summed E-state index contributed by atoms with van der Waals surface area (Å²) in [6.45, 7) is 11.7. The van der Waals surface area contributed by atoms with Gasteiger partial charge in [-0.1, -0.05) is 18.6 Å². The number of halogens is 3. The standard InChI is InChI=1S/C46H48F3N9O4/c1-6-32-35(48)10-8-27-15-46(5,60)17-33(39(27)32)41-40(49)42-34(20-52-41)43(55-22-31-14-28(18-50)36(23-55)58(31)38(59)7-2)54-44(53-42)62-25-45(4)16-29(47)21-57(45)37-11-9-30(19-51-37)56-12-13-61-24-26(56)3/h1,7-11,19-20,26,28-29,31,33,36,60H,2,12-17,21-25H2,3-5H3/t26-,28?,29+,31+,33-,36+,45-,46+/m0/s1. The molecule has 9 rings (SSSR count). The molecule has 1 N–H and O–H groups in total. The fourth-order valence-corrected chi connectivity index (χ4v) is 10.5. The Kier molecular flexibility index (Phi) is 10.5. The molecule has 1 unspecified atom stereocenters. The minimum atomic E-state index is -1.29. The molecule has 1 aromatic carbocycles. The van der Waals surface area contributed by atoms with Crippen LogP contribution in [0, 0.1) is 41.2 Å². The van der Waals surface area contributed by atoms with E-state index in [1.54, 1.807) is 24.1 Å². The highest BCUT2D eigenvalue weighted by Crippen LogP contribution is 2.45. The third-order valence-corrected chi connectivity index (χ3v) is 13.4. The summed E-state index contributed by atoms with van der Waals surface area (Å²) in [4.78, 5) is 39.5. The van der Waals surface area contributed by atoms with Gasteiger partial charge in [0.15, 0.2) is 5.82 Å². The number of nitriles is 1. The third kappa shape index (κ3) is 7.13. The molecule has 1 aliphatic carbocycles. The van der Waals surface area contributed by atoms with Crippen molar-refractivity contribution in [2.75, 3.05) is 60.7 Å². The van der Waals surface area contributed by atoms with Crippen LogP contribution in [0.1, 0.15) is 68.3 Å². The Morgan fingerprint density at radius 3 is 2.69 bits per heavy atom. The topological polar surface area (TPSA) is 144 Å². The summed E-state index contributed by atoms with van der Waals surface area (Å²) in [7, 11) is 0. The molecular weight excluding hydrogens is 800 g/mol. The van der Waals surface area contributed by atoms with E-state index in [-0.39, 0.29) is 97.5 Å². The number of terminal acetylenes is 1. The largest absolute Gasteiger partial charge is 0.461 e. The molecule has 4 aliphatic heterocycles. The molecule has 13 nitrogen and oxygen atoms in total. The third-order valence-electron chi connectivity index (χ3n) is 13.4. The van der Waals surface area contributed by atoms with Crippen LogP contribution in [-0.2, 0) is 16.0 Å². The number of rotatable bonds is 8. The maximum absolute atomic E-state index is 17.5. The molecule has 4 saturated heterocycles. The van der Waals surface area contributed by atoms with Gasteiger partial charge in [0.25, 0.3) is 0 Å². The summed E-state index contributed by atoms with van der Waals surface area (Å²) in [5, 5.41) is 21.7. The van der Waals surface area contributed by atoms with Crippen molar-refractivity contribution in [3.8, 4) is 24.4 Å². The summed E-state index contributed by atoms with van der Waals surface area (Å²) in [5.41, 5.74) is -0.537. The predicted octanol–water partition coefficient (Wildman–Crippen LogP) is 5.23. The SMILES string of the molecule is C#Cc1c(F)ccc2c1[C@@H](c1ncc3c(N4C[C@H]5CC(C#N)[C@@H](C4)N5C(=O)C=C)nc(OC[C@]4(C)C[C@@H](F)CN4c4ccc(N5CCOC[C@@H]5C)cn4)nc3c1F)C[C@](C)(O)C2. The lowest BCUT2D eigenvalue weighted by atomic mass is 9.72. The van der Waals surface area contributed by atoms with Gasteiger partial charge in [0, 0.05) is 50.6 Å². The monoisotopic (exact) mass is 847 g/mol. The molecule has 4 aromatic rings. The maximum Gasteiger partial charge on any atom is 0.319 e. The smallest absolute Gasteiger partial charge is 0.319 e. The van der Waals surface area contributed by atoms with Gasteiger partial charge in [0.05, 0.1) is 83.5 Å². The molecule has 0 radical (unpaired) electrons. The number of aliphatic hydroxyl groups is 1. The van der Waals surface area contributed by atoms with Crippen LogP contribution >= 0.6 is 0 Å². The Balaban J connectivity index is 1.10. The highest BCUT2D eigenvalue weighted by molar-refractivity contribution is 5.91. The van der Waals surface area contributed by atoms with Crippen LogP contribution in [0.3, 0.4) is 0 Å². The summed E-state index contributed by atoms with van der Waals surface area (Å²) in [5.74, 6) is 0.157. The number of alkyl halides is 1. The fourth-order valence-electron chi connectivity index (χ4n) is 10.5. The second-order valence-electron chi connectivity index (χ2n) is 17.9. The first kappa shape index (κ1) is 41.4. The first-order valence-corrected chi connectivity index (χ1v) is 21.0. The Hall–Kier alpha value is -5.97. The molecule has 4 fully saturated rings. The molecule has 1 amide bonds. The number of anilines is 3. The summed E-state index contributed by atoms with van der Waals surface area (Å²) < 4.78 is 60.1. The highest BCUT2D eigenvalue weighted by Gasteiger charge is 2.49. The van der Waals surface area contributed by atoms with Gasteiger partial charge in [0.2, 0.25) is 5.91 Å². The number of aromatic nitrogens is 4. The van der Waals surface area contributed by atoms with Gasteiger partial charge in [-0.2, -0.15) is 15.2 Å². The summed E-state index contributed by atoms with van der Waals surface area (Å²) >= 11 is 0. The second kappa shape index (κ2) is 15.7. The Morgan fingerprint density at radius 2 is 1.97 bits per heavy atom. The number of piperazine rings is 1. The number of hydrogen-bond donors (Lipinski definition) is 1. The van der Waals surface area contributed by atoms with E-state index in [0.717, 1.165) is 12.2 Å². The van der Waals surface area contributed by atoms with Crippen LogP contribution in [0.25, 0.3) is 10.9 Å². The molecule has 3 aromatic heterocycles. The average molecular weight is 848 g/mol. The van der Waals surface area contributed by atoms with Crippen molar-refractivity contribution < 1.29 is 32.5 Å². The Morgan fingerprint density at radius 1 is 1.15 bits per heavy atom. The molecule has 5 aliphatic rings. The number of nitrogens with zero attached hydrogens (tertiary/aromatic N) is 9. The fraction of sp³-hybridized carbons (Fsp3) is 0.478. The van der Waals surface area contributed by atoms with Crippen LogP contribution in [-0.4, -0.2) is 117 Å². The highest BCUT2D eigenvalue weighted by atomic mass is 19.1. The minimum Gasteiger partial charge on any atom is -0.461 e. The van der Waals surface area contributed by atoms with E-state index in [4.69, 9.17) is 25.9 Å². The zero-order valence-corrected chi connectivity index (χ0v) is 34.9. The quantitative estimate of drug-likeness (QED) is 0.183. The lowest BCUT2D eigenvalue weighted by molar-refractivity contribution is -0.129. The number of carbonyl (C=O) groups is 1. The zero-order chi connectivity index (χ0) is 43.7. The van der Waals surface area contributed by atoms with Crippen LogP contribution in [0.15, 0.2) is 49.3 Å². The number of pyridine rings is 2. The second-order valence-corrected chi connectivity index (χ2v) is 17.9. The number of amides is 1. The predicted molar refractivity (Wildman–Crippen MR) is 226 cm³/mol. The molecule has 322 valence electrons. The van der Waals surface area contributed by atoms with E-state index in [2.05, 4.69) is 40.4 Å². The van der Waals surface area contributed by atoms with E-state index in [0.29, 0.717) is 36.6 Å².